The van der Waals surface area contributed by atoms with Crippen LogP contribution in [0.3, 0.4) is 0 Å². The molecular weight excluding hydrogens is 384 g/mol. The number of nitrogens with zero attached hydrogens (tertiary/aromatic N) is 4. The number of para-hydroxylation sites is 1. The molecule has 6 nitrogen and oxygen atoms in total. The summed E-state index contributed by atoms with van der Waals surface area (Å²) >= 11 is 0. The molecule has 0 aliphatic rings. The highest BCUT2D eigenvalue weighted by atomic mass is 15.5. The molecule has 0 fully saturated rings. The van der Waals surface area contributed by atoms with Gasteiger partial charge in [0.15, 0.2) is 0 Å². The van der Waals surface area contributed by atoms with Crippen molar-refractivity contribution in [1.29, 1.82) is 0 Å². The summed E-state index contributed by atoms with van der Waals surface area (Å²) in [6.07, 6.45) is 0. The minimum Gasteiger partial charge on any atom is -0.380 e. The molecule has 0 amide bonds. The molecule has 0 radical (unpaired) electrons. The Morgan fingerprint density at radius 1 is 0.839 bits per heavy atom. The van der Waals surface area contributed by atoms with Crippen molar-refractivity contribution in [2.45, 2.75) is 20.4 Å². The maximum atomic E-state index is 4.71. The van der Waals surface area contributed by atoms with Crippen LogP contribution in [0.2, 0.25) is 0 Å². The number of anilines is 1. The summed E-state index contributed by atoms with van der Waals surface area (Å²) in [6, 6.07) is 24.9. The molecule has 0 bridgehead atoms. The Hall–Kier alpha value is -4.06. The van der Waals surface area contributed by atoms with Gasteiger partial charge in [0.2, 0.25) is 5.82 Å². The third-order valence-electron chi connectivity index (χ3n) is 5.63. The number of fused-ring (bicyclic) bond motifs is 1. The van der Waals surface area contributed by atoms with E-state index in [9.17, 15) is 0 Å². The normalized spacial score (nSPS) is 11.0. The summed E-state index contributed by atoms with van der Waals surface area (Å²) in [5.41, 5.74) is 8.76. The molecule has 152 valence electrons. The third-order valence-corrected chi connectivity index (χ3v) is 5.63. The summed E-state index contributed by atoms with van der Waals surface area (Å²) in [4.78, 5) is 4.71. The molecule has 31 heavy (non-hydrogen) atoms. The summed E-state index contributed by atoms with van der Waals surface area (Å²) in [6.45, 7) is 4.92. The molecule has 5 rings (SSSR count). The second-order valence-electron chi connectivity index (χ2n) is 7.55. The third kappa shape index (κ3) is 3.64. The van der Waals surface area contributed by atoms with E-state index in [0.29, 0.717) is 5.82 Å². The van der Waals surface area contributed by atoms with Gasteiger partial charge < -0.3 is 5.32 Å². The number of aryl methyl sites for hydroxylation is 1. The largest absolute Gasteiger partial charge is 0.380 e. The SMILES string of the molecule is Cc1nc2ccccc2c(NCc2ccc(-c3ccccc3-c3nn[nH]n3)cc2)c1C. The average Bonchev–Trinajstić information content (AvgIpc) is 3.35. The Bertz CT molecular complexity index is 1340. The van der Waals surface area contributed by atoms with Crippen molar-refractivity contribution in [3.05, 3.63) is 89.6 Å². The lowest BCUT2D eigenvalue weighted by Crippen LogP contribution is -2.04. The highest BCUT2D eigenvalue weighted by molar-refractivity contribution is 5.93. The van der Waals surface area contributed by atoms with E-state index >= 15 is 0 Å². The van der Waals surface area contributed by atoms with Crippen molar-refractivity contribution in [2.75, 3.05) is 5.32 Å². The standard InChI is InChI=1S/C25H22N6/c1-16-17(2)27-23-10-6-5-9-22(23)24(16)26-15-18-11-13-19(14-12-18)20-7-3-4-8-21(20)25-28-30-31-29-25/h3-14H,15H2,1-2H3,(H,26,27)(H,28,29,30,31). The Kier molecular flexibility index (Phi) is 4.88. The van der Waals surface area contributed by atoms with E-state index < -0.39 is 0 Å². The Morgan fingerprint density at radius 2 is 1.58 bits per heavy atom. The van der Waals surface area contributed by atoms with Gasteiger partial charge in [0.05, 0.1) is 5.52 Å². The molecule has 0 unspecified atom stereocenters. The first-order valence-corrected chi connectivity index (χ1v) is 10.2. The number of aromatic nitrogens is 5. The predicted octanol–water partition coefficient (Wildman–Crippen LogP) is 5.31. The minimum absolute atomic E-state index is 0.594. The molecule has 6 heteroatoms. The fourth-order valence-electron chi connectivity index (χ4n) is 3.86. The molecule has 0 aliphatic heterocycles. The summed E-state index contributed by atoms with van der Waals surface area (Å²) in [5.74, 6) is 0.594. The number of aromatic amines is 1. The van der Waals surface area contributed by atoms with Crippen molar-refractivity contribution < 1.29 is 0 Å². The monoisotopic (exact) mass is 406 g/mol. The van der Waals surface area contributed by atoms with Crippen LogP contribution in [0, 0.1) is 13.8 Å². The number of hydrogen-bond donors (Lipinski definition) is 2. The van der Waals surface area contributed by atoms with Gasteiger partial charge in [-0.25, -0.2) is 0 Å². The van der Waals surface area contributed by atoms with Crippen LogP contribution >= 0.6 is 0 Å². The van der Waals surface area contributed by atoms with E-state index in [-0.39, 0.29) is 0 Å². The smallest absolute Gasteiger partial charge is 0.205 e. The van der Waals surface area contributed by atoms with Crippen LogP contribution in [-0.2, 0) is 6.54 Å². The van der Waals surface area contributed by atoms with E-state index in [1.807, 2.05) is 24.3 Å². The van der Waals surface area contributed by atoms with E-state index in [2.05, 4.69) is 88.3 Å². The van der Waals surface area contributed by atoms with Crippen molar-refractivity contribution in [1.82, 2.24) is 25.6 Å². The lowest BCUT2D eigenvalue weighted by atomic mass is 9.98. The lowest BCUT2D eigenvalue weighted by Gasteiger charge is -2.15. The average molecular weight is 406 g/mol. The van der Waals surface area contributed by atoms with Gasteiger partial charge in [-0.15, -0.1) is 10.2 Å². The second-order valence-corrected chi connectivity index (χ2v) is 7.55. The number of H-pyrrole nitrogens is 1. The van der Waals surface area contributed by atoms with Crippen LogP contribution in [-0.4, -0.2) is 25.6 Å². The van der Waals surface area contributed by atoms with Crippen LogP contribution < -0.4 is 5.32 Å². The molecule has 2 heterocycles. The van der Waals surface area contributed by atoms with Crippen LogP contribution in [0.4, 0.5) is 5.69 Å². The Labute approximate surface area is 180 Å². The summed E-state index contributed by atoms with van der Waals surface area (Å²) < 4.78 is 0. The van der Waals surface area contributed by atoms with Crippen LogP contribution in [0.25, 0.3) is 33.4 Å². The van der Waals surface area contributed by atoms with Crippen LogP contribution in [0.15, 0.2) is 72.8 Å². The molecule has 0 aliphatic carbocycles. The van der Waals surface area contributed by atoms with Crippen LogP contribution in [0.5, 0.6) is 0 Å². The minimum atomic E-state index is 0.594. The number of tetrazole rings is 1. The topological polar surface area (TPSA) is 79.4 Å². The Balaban J connectivity index is 1.41. The van der Waals surface area contributed by atoms with Gasteiger partial charge in [0.25, 0.3) is 0 Å². The molecule has 0 saturated carbocycles. The second kappa shape index (κ2) is 7.99. The quantitative estimate of drug-likeness (QED) is 0.413. The molecular formula is C25H22N6. The molecule has 0 spiro atoms. The zero-order valence-corrected chi connectivity index (χ0v) is 17.4. The van der Waals surface area contributed by atoms with E-state index in [1.165, 1.54) is 11.1 Å². The predicted molar refractivity (Wildman–Crippen MR) is 124 cm³/mol. The van der Waals surface area contributed by atoms with Crippen molar-refractivity contribution >= 4 is 16.6 Å². The zero-order chi connectivity index (χ0) is 21.2. The van der Waals surface area contributed by atoms with Gasteiger partial charge >= 0.3 is 0 Å². The maximum absolute atomic E-state index is 4.71. The fourth-order valence-corrected chi connectivity index (χ4v) is 3.86. The lowest BCUT2D eigenvalue weighted by molar-refractivity contribution is 0.881. The molecule has 0 saturated heterocycles. The maximum Gasteiger partial charge on any atom is 0.205 e. The number of nitrogens with one attached hydrogen (secondary N) is 2. The van der Waals surface area contributed by atoms with E-state index in [0.717, 1.165) is 45.5 Å². The van der Waals surface area contributed by atoms with Gasteiger partial charge in [-0.1, -0.05) is 66.7 Å². The molecule has 0 atom stereocenters. The van der Waals surface area contributed by atoms with E-state index in [1.54, 1.807) is 0 Å². The van der Waals surface area contributed by atoms with Gasteiger partial charge in [-0.05, 0) is 47.4 Å². The molecule has 3 aromatic carbocycles. The fraction of sp³-hybridized carbons (Fsp3) is 0.120. The van der Waals surface area contributed by atoms with Crippen molar-refractivity contribution in [2.24, 2.45) is 0 Å². The zero-order valence-electron chi connectivity index (χ0n) is 17.4. The first-order valence-electron chi connectivity index (χ1n) is 10.2. The first kappa shape index (κ1) is 18.9. The van der Waals surface area contributed by atoms with Gasteiger partial charge in [-0.3, -0.25) is 4.98 Å². The van der Waals surface area contributed by atoms with Gasteiger partial charge in [0.1, 0.15) is 0 Å². The highest BCUT2D eigenvalue weighted by Gasteiger charge is 2.11. The molecule has 2 aromatic heterocycles. The van der Waals surface area contributed by atoms with Crippen molar-refractivity contribution in [3.63, 3.8) is 0 Å². The molecule has 5 aromatic rings. The van der Waals surface area contributed by atoms with Crippen molar-refractivity contribution in [3.8, 4) is 22.5 Å². The summed E-state index contributed by atoms with van der Waals surface area (Å²) in [5, 5.41) is 19.3. The van der Waals surface area contributed by atoms with Gasteiger partial charge in [-0.2, -0.15) is 5.21 Å². The first-order chi connectivity index (χ1) is 15.2. The van der Waals surface area contributed by atoms with Gasteiger partial charge in [0, 0.05) is 28.9 Å². The van der Waals surface area contributed by atoms with E-state index in [4.69, 9.17) is 4.98 Å². The molecule has 2 N–H and O–H groups in total. The Morgan fingerprint density at radius 3 is 2.35 bits per heavy atom. The number of pyridine rings is 1. The van der Waals surface area contributed by atoms with Crippen LogP contribution in [0.1, 0.15) is 16.8 Å². The number of benzene rings is 3. The number of rotatable bonds is 5. The summed E-state index contributed by atoms with van der Waals surface area (Å²) in [7, 11) is 0. The number of hydrogen-bond acceptors (Lipinski definition) is 5. The highest BCUT2D eigenvalue weighted by Crippen LogP contribution is 2.31.